The van der Waals surface area contributed by atoms with Gasteiger partial charge in [-0.2, -0.15) is 4.52 Å². The number of nitrogens with one attached hydrogen (secondary N) is 1. The Morgan fingerprint density at radius 1 is 1.03 bits per heavy atom. The largest absolute Gasteiger partial charge is 0.573 e. The molecule has 0 spiro atoms. The molecular formula is C21H13ClF6N4O6. The van der Waals surface area contributed by atoms with Crippen LogP contribution in [0.3, 0.4) is 0 Å². The maximum Gasteiger partial charge on any atom is 0.573 e. The lowest BCUT2D eigenvalue weighted by Crippen LogP contribution is -2.23. The number of carbonyl (C=O) groups is 1. The van der Waals surface area contributed by atoms with Crippen molar-refractivity contribution >= 4 is 23.4 Å². The zero-order valence-corrected chi connectivity index (χ0v) is 19.2. The number of oxazole rings is 1. The first-order chi connectivity index (χ1) is 17.8. The smallest absolute Gasteiger partial charge is 0.423 e. The number of nitrogens with zero attached hydrogens (tertiary/aromatic N) is 3. The fourth-order valence-corrected chi connectivity index (χ4v) is 3.27. The number of aromatic nitrogens is 3. The van der Waals surface area contributed by atoms with Crippen LogP contribution in [0.2, 0.25) is 5.02 Å². The zero-order valence-electron chi connectivity index (χ0n) is 18.4. The molecule has 2 heterocycles. The van der Waals surface area contributed by atoms with Gasteiger partial charge in [0.1, 0.15) is 22.9 Å². The van der Waals surface area contributed by atoms with E-state index in [9.17, 15) is 36.2 Å². The number of hydrogen-bond acceptors (Lipinski definition) is 8. The fraction of sp³-hybridized carbons (Fsp3) is 0.190. The van der Waals surface area contributed by atoms with Gasteiger partial charge >= 0.3 is 24.6 Å². The molecule has 0 fully saturated rings. The number of benzene rings is 2. The van der Waals surface area contributed by atoms with E-state index >= 15 is 0 Å². The van der Waals surface area contributed by atoms with Crippen molar-refractivity contribution in [2.75, 3.05) is 0 Å². The molecule has 4 rings (SSSR count). The topological polar surface area (TPSA) is 120 Å². The van der Waals surface area contributed by atoms with E-state index in [-0.39, 0.29) is 35.6 Å². The van der Waals surface area contributed by atoms with E-state index in [1.54, 1.807) is 0 Å². The molecule has 1 amide bonds. The van der Waals surface area contributed by atoms with Crippen LogP contribution in [0, 0.1) is 0 Å². The van der Waals surface area contributed by atoms with Crippen molar-refractivity contribution in [1.29, 1.82) is 0 Å². The van der Waals surface area contributed by atoms with Crippen molar-refractivity contribution < 1.29 is 54.9 Å². The summed E-state index contributed by atoms with van der Waals surface area (Å²) < 4.78 is 93.1. The molecule has 10 nitrogen and oxygen atoms in total. The minimum atomic E-state index is -4.94. The minimum Gasteiger partial charge on any atom is -0.423 e. The molecule has 2 aromatic carbocycles. The van der Waals surface area contributed by atoms with Gasteiger partial charge in [0.25, 0.3) is 5.91 Å². The highest BCUT2D eigenvalue weighted by Gasteiger charge is 2.32. The van der Waals surface area contributed by atoms with E-state index in [1.807, 2.05) is 0 Å². The van der Waals surface area contributed by atoms with Gasteiger partial charge in [0.05, 0.1) is 11.6 Å². The number of alkyl halides is 6. The summed E-state index contributed by atoms with van der Waals surface area (Å²) in [6.45, 7) is -0.813. The summed E-state index contributed by atoms with van der Waals surface area (Å²) in [5.74, 6) is -2.52. The molecule has 0 radical (unpaired) electrons. The Morgan fingerprint density at radius 2 is 1.68 bits per heavy atom. The van der Waals surface area contributed by atoms with Gasteiger partial charge in [-0.1, -0.05) is 23.7 Å². The summed E-state index contributed by atoms with van der Waals surface area (Å²) >= 11 is 5.77. The average molecular weight is 567 g/mol. The number of hydrogen-bond donors (Lipinski definition) is 2. The van der Waals surface area contributed by atoms with Crippen molar-refractivity contribution in [2.24, 2.45) is 0 Å². The molecule has 0 bridgehead atoms. The van der Waals surface area contributed by atoms with Gasteiger partial charge in [-0.15, -0.1) is 36.4 Å². The van der Waals surface area contributed by atoms with E-state index < -0.39 is 41.8 Å². The molecule has 0 saturated carbocycles. The van der Waals surface area contributed by atoms with Crippen molar-refractivity contribution in [2.45, 2.75) is 25.9 Å². The third-order valence-corrected chi connectivity index (χ3v) is 4.87. The number of amides is 1. The molecule has 17 heteroatoms. The summed E-state index contributed by atoms with van der Waals surface area (Å²) in [5, 5.41) is 15.7. The second-order valence-electron chi connectivity index (χ2n) is 7.24. The number of aliphatic hydroxyl groups excluding tert-OH is 1. The van der Waals surface area contributed by atoms with Crippen LogP contribution in [0.1, 0.15) is 21.8 Å². The Kier molecular flexibility index (Phi) is 7.28. The highest BCUT2D eigenvalue weighted by Crippen LogP contribution is 2.34. The molecule has 202 valence electrons. The van der Waals surface area contributed by atoms with Crippen LogP contribution in [0.4, 0.5) is 26.3 Å². The lowest BCUT2D eigenvalue weighted by molar-refractivity contribution is -0.275. The Bertz CT molecular complexity index is 1450. The zero-order chi connectivity index (χ0) is 27.7. The lowest BCUT2D eigenvalue weighted by atomic mass is 10.2. The highest BCUT2D eigenvalue weighted by molar-refractivity contribution is 6.32. The van der Waals surface area contributed by atoms with Crippen LogP contribution < -0.4 is 19.5 Å². The van der Waals surface area contributed by atoms with Crippen LogP contribution in [-0.2, 0) is 13.2 Å². The summed E-state index contributed by atoms with van der Waals surface area (Å²) in [5.41, 5.74) is 0.328. The summed E-state index contributed by atoms with van der Waals surface area (Å²) in [6, 6.07) is 7.49. The second-order valence-corrected chi connectivity index (χ2v) is 7.65. The SMILES string of the molecule is O=C(NCc1ccc(OC(F)(F)F)cc1)c1oc2nc(Oc3ccc(OC(F)(F)F)c(Cl)c3)nn2c1CO. The summed E-state index contributed by atoms with van der Waals surface area (Å²) in [6.07, 6.45) is -9.78. The number of fused-ring (bicyclic) bond motifs is 1. The van der Waals surface area contributed by atoms with Crippen molar-refractivity contribution in [3.8, 4) is 23.3 Å². The number of halogens is 7. The normalized spacial score (nSPS) is 12.0. The number of aliphatic hydroxyl groups is 1. The molecule has 0 unspecified atom stereocenters. The van der Waals surface area contributed by atoms with Gasteiger partial charge in [-0.05, 0) is 29.8 Å². The van der Waals surface area contributed by atoms with Crippen LogP contribution in [-0.4, -0.2) is 38.3 Å². The molecular weight excluding hydrogens is 554 g/mol. The monoisotopic (exact) mass is 566 g/mol. The second kappa shape index (κ2) is 10.3. The maximum absolute atomic E-state index is 12.6. The number of carbonyl (C=O) groups excluding carboxylic acids is 1. The van der Waals surface area contributed by atoms with E-state index in [1.165, 1.54) is 12.1 Å². The number of ether oxygens (including phenoxy) is 3. The standard InChI is InChI=1S/C21H13ClF6N4O6/c22-13-7-12(5-6-15(13)38-21(26,27)28)35-18-30-19-32(31-18)14(9-33)16(36-19)17(34)29-8-10-1-3-11(4-2-10)37-20(23,24)25/h1-7,33H,8-9H2,(H,29,34). The molecule has 4 aromatic rings. The third-order valence-electron chi connectivity index (χ3n) is 4.57. The van der Waals surface area contributed by atoms with Gasteiger partial charge in [-0.25, -0.2) is 0 Å². The van der Waals surface area contributed by atoms with E-state index in [2.05, 4.69) is 24.9 Å². The molecule has 0 aliphatic heterocycles. The molecule has 2 N–H and O–H groups in total. The van der Waals surface area contributed by atoms with Gasteiger partial charge in [0.15, 0.2) is 0 Å². The van der Waals surface area contributed by atoms with Gasteiger partial charge < -0.3 is 29.1 Å². The van der Waals surface area contributed by atoms with Crippen LogP contribution in [0.5, 0.6) is 23.3 Å². The van der Waals surface area contributed by atoms with Crippen LogP contribution >= 0.6 is 11.6 Å². The van der Waals surface area contributed by atoms with E-state index in [0.717, 1.165) is 34.8 Å². The van der Waals surface area contributed by atoms with Gasteiger partial charge in [0.2, 0.25) is 5.76 Å². The van der Waals surface area contributed by atoms with Crippen molar-refractivity contribution in [3.05, 3.63) is 64.5 Å². The Labute approximate surface area is 212 Å². The van der Waals surface area contributed by atoms with Gasteiger partial charge in [0, 0.05) is 12.6 Å². The molecule has 38 heavy (non-hydrogen) atoms. The molecule has 0 atom stereocenters. The first kappa shape index (κ1) is 26.9. The van der Waals surface area contributed by atoms with E-state index in [4.69, 9.17) is 20.8 Å². The van der Waals surface area contributed by atoms with Crippen molar-refractivity contribution in [3.63, 3.8) is 0 Å². The quantitative estimate of drug-likeness (QED) is 0.286. The number of rotatable bonds is 8. The predicted octanol–water partition coefficient (Wildman–Crippen LogP) is 4.99. The fourth-order valence-electron chi connectivity index (χ4n) is 3.06. The third kappa shape index (κ3) is 6.57. The first-order valence-electron chi connectivity index (χ1n) is 10.2. The summed E-state index contributed by atoms with van der Waals surface area (Å²) in [4.78, 5) is 16.5. The van der Waals surface area contributed by atoms with Gasteiger partial charge in [-0.3, -0.25) is 4.79 Å². The van der Waals surface area contributed by atoms with E-state index in [0.29, 0.717) is 5.56 Å². The lowest BCUT2D eigenvalue weighted by Gasteiger charge is -2.11. The Balaban J connectivity index is 1.44. The Hall–Kier alpha value is -4.18. The Morgan fingerprint density at radius 3 is 2.29 bits per heavy atom. The van der Waals surface area contributed by atoms with Crippen LogP contribution in [0.25, 0.3) is 5.84 Å². The predicted molar refractivity (Wildman–Crippen MR) is 114 cm³/mol. The maximum atomic E-state index is 12.6. The molecule has 0 saturated heterocycles. The average Bonchev–Trinajstić information content (AvgIpc) is 3.35. The summed E-state index contributed by atoms with van der Waals surface area (Å²) in [7, 11) is 0. The molecule has 0 aliphatic rings. The minimum absolute atomic E-state index is 0.0482. The van der Waals surface area contributed by atoms with Crippen LogP contribution in [0.15, 0.2) is 46.9 Å². The molecule has 0 aliphatic carbocycles. The van der Waals surface area contributed by atoms with Crippen molar-refractivity contribution in [1.82, 2.24) is 19.9 Å². The highest BCUT2D eigenvalue weighted by atomic mass is 35.5. The molecule has 2 aromatic heterocycles. The first-order valence-corrected chi connectivity index (χ1v) is 10.5.